The molecule has 6 nitrogen and oxygen atoms in total. The third-order valence-electron chi connectivity index (χ3n) is 5.62. The van der Waals surface area contributed by atoms with Crippen molar-refractivity contribution in [2.24, 2.45) is 11.7 Å². The van der Waals surface area contributed by atoms with Gasteiger partial charge in [0.25, 0.3) is 0 Å². The van der Waals surface area contributed by atoms with Crippen LogP contribution in [0.3, 0.4) is 0 Å². The maximum absolute atomic E-state index is 12.2. The monoisotopic (exact) mass is 322 g/mol. The lowest BCUT2D eigenvalue weighted by atomic mass is 9.87. The highest BCUT2D eigenvalue weighted by Crippen LogP contribution is 2.34. The minimum atomic E-state index is -0.572. The van der Waals surface area contributed by atoms with E-state index < -0.39 is 5.54 Å². The van der Waals surface area contributed by atoms with Gasteiger partial charge in [-0.1, -0.05) is 6.92 Å². The number of nitrogens with two attached hydrogens (primary N) is 1. The average molecular weight is 322 g/mol. The summed E-state index contributed by atoms with van der Waals surface area (Å²) in [5.41, 5.74) is 5.41. The molecule has 0 atom stereocenters. The summed E-state index contributed by atoms with van der Waals surface area (Å²) in [6.07, 6.45) is 6.27. The highest BCUT2D eigenvalue weighted by molar-refractivity contribution is 5.89. The van der Waals surface area contributed by atoms with Crippen LogP contribution in [-0.4, -0.2) is 65.9 Å². The van der Waals surface area contributed by atoms with E-state index in [-0.39, 0.29) is 11.8 Å². The number of piperazine rings is 1. The van der Waals surface area contributed by atoms with Crippen molar-refractivity contribution >= 4 is 11.8 Å². The van der Waals surface area contributed by atoms with Crippen molar-refractivity contribution in [3.8, 4) is 0 Å². The SMILES string of the molecule is CC1CCC(NC(=O)CN2CCN(C(=O)C3(N)CC3)CC2)CC1. The number of amides is 2. The Balaban J connectivity index is 1.37. The quantitative estimate of drug-likeness (QED) is 0.781. The Morgan fingerprint density at radius 1 is 1.09 bits per heavy atom. The third-order valence-corrected chi connectivity index (χ3v) is 5.62. The molecule has 0 bridgehead atoms. The molecule has 0 aromatic carbocycles. The van der Waals surface area contributed by atoms with E-state index in [0.717, 1.165) is 44.7 Å². The molecule has 1 saturated heterocycles. The summed E-state index contributed by atoms with van der Waals surface area (Å²) in [5.74, 6) is 1.02. The fraction of sp³-hybridized carbons (Fsp3) is 0.882. The van der Waals surface area contributed by atoms with E-state index in [1.165, 1.54) is 12.8 Å². The van der Waals surface area contributed by atoms with Gasteiger partial charge in [-0.05, 0) is 44.4 Å². The zero-order chi connectivity index (χ0) is 16.4. The summed E-state index contributed by atoms with van der Waals surface area (Å²) in [6.45, 7) is 5.62. The number of rotatable bonds is 4. The van der Waals surface area contributed by atoms with Gasteiger partial charge in [0.15, 0.2) is 0 Å². The molecule has 0 aromatic rings. The topological polar surface area (TPSA) is 78.7 Å². The molecule has 6 heteroatoms. The Morgan fingerprint density at radius 2 is 1.70 bits per heavy atom. The lowest BCUT2D eigenvalue weighted by Gasteiger charge is -2.36. The molecule has 0 unspecified atom stereocenters. The molecule has 23 heavy (non-hydrogen) atoms. The minimum Gasteiger partial charge on any atom is -0.352 e. The van der Waals surface area contributed by atoms with Crippen LogP contribution in [0.2, 0.25) is 0 Å². The first-order valence-electron chi connectivity index (χ1n) is 9.06. The molecular formula is C17H30N4O2. The van der Waals surface area contributed by atoms with E-state index in [9.17, 15) is 9.59 Å². The normalized spacial score (nSPS) is 30.8. The van der Waals surface area contributed by atoms with Gasteiger partial charge < -0.3 is 16.0 Å². The van der Waals surface area contributed by atoms with E-state index in [2.05, 4.69) is 17.1 Å². The third kappa shape index (κ3) is 4.23. The molecule has 2 aliphatic carbocycles. The van der Waals surface area contributed by atoms with Gasteiger partial charge in [-0.3, -0.25) is 14.5 Å². The summed E-state index contributed by atoms with van der Waals surface area (Å²) in [4.78, 5) is 28.4. The van der Waals surface area contributed by atoms with E-state index >= 15 is 0 Å². The number of nitrogens with one attached hydrogen (secondary N) is 1. The van der Waals surface area contributed by atoms with Crippen LogP contribution < -0.4 is 11.1 Å². The van der Waals surface area contributed by atoms with Gasteiger partial charge in [0.2, 0.25) is 11.8 Å². The van der Waals surface area contributed by atoms with Crippen molar-refractivity contribution in [3.05, 3.63) is 0 Å². The smallest absolute Gasteiger partial charge is 0.242 e. The molecule has 3 rings (SSSR count). The van der Waals surface area contributed by atoms with Crippen LogP contribution in [0.4, 0.5) is 0 Å². The van der Waals surface area contributed by atoms with Crippen molar-refractivity contribution in [3.63, 3.8) is 0 Å². The first-order valence-corrected chi connectivity index (χ1v) is 9.06. The summed E-state index contributed by atoms with van der Waals surface area (Å²) < 4.78 is 0. The standard InChI is InChI=1S/C17H30N4O2/c1-13-2-4-14(5-3-13)19-15(22)12-20-8-10-21(11-9-20)16(23)17(18)6-7-17/h13-14H,2-12,18H2,1H3,(H,19,22). The predicted molar refractivity (Wildman–Crippen MR) is 88.7 cm³/mol. The van der Waals surface area contributed by atoms with Crippen molar-refractivity contribution < 1.29 is 9.59 Å². The van der Waals surface area contributed by atoms with Crippen LogP contribution in [-0.2, 0) is 9.59 Å². The Kier molecular flexibility index (Phi) is 4.92. The van der Waals surface area contributed by atoms with Crippen molar-refractivity contribution in [2.45, 2.75) is 57.0 Å². The Morgan fingerprint density at radius 3 is 2.26 bits per heavy atom. The zero-order valence-electron chi connectivity index (χ0n) is 14.2. The van der Waals surface area contributed by atoms with Crippen LogP contribution in [0, 0.1) is 5.92 Å². The summed E-state index contributed by atoms with van der Waals surface area (Å²) in [5, 5.41) is 3.17. The lowest BCUT2D eigenvalue weighted by molar-refractivity contribution is -0.135. The molecule has 0 aromatic heterocycles. The summed E-state index contributed by atoms with van der Waals surface area (Å²) >= 11 is 0. The van der Waals surface area contributed by atoms with Crippen molar-refractivity contribution in [1.29, 1.82) is 0 Å². The molecular weight excluding hydrogens is 292 g/mol. The number of carbonyl (C=O) groups excluding carboxylic acids is 2. The molecule has 3 N–H and O–H groups in total. The number of hydrogen-bond acceptors (Lipinski definition) is 4. The van der Waals surface area contributed by atoms with Gasteiger partial charge in [0.1, 0.15) is 0 Å². The molecule has 1 aliphatic heterocycles. The minimum absolute atomic E-state index is 0.0953. The molecule has 0 spiro atoms. The molecule has 3 fully saturated rings. The molecule has 0 radical (unpaired) electrons. The summed E-state index contributed by atoms with van der Waals surface area (Å²) in [6, 6.07) is 0.355. The van der Waals surface area contributed by atoms with E-state index in [1.54, 1.807) is 0 Å². The second-order valence-electron chi connectivity index (χ2n) is 7.75. The van der Waals surface area contributed by atoms with Crippen molar-refractivity contribution in [1.82, 2.24) is 15.1 Å². The zero-order valence-corrected chi connectivity index (χ0v) is 14.2. The van der Waals surface area contributed by atoms with Gasteiger partial charge >= 0.3 is 0 Å². The van der Waals surface area contributed by atoms with E-state index in [1.807, 2.05) is 4.90 Å². The Labute approximate surface area is 138 Å². The Hall–Kier alpha value is -1.14. The van der Waals surface area contributed by atoms with Gasteiger partial charge in [0, 0.05) is 32.2 Å². The predicted octanol–water partition coefficient (Wildman–Crippen LogP) is 0.317. The fourth-order valence-corrected chi connectivity index (χ4v) is 3.65. The van der Waals surface area contributed by atoms with Gasteiger partial charge in [0.05, 0.1) is 12.1 Å². The largest absolute Gasteiger partial charge is 0.352 e. The highest BCUT2D eigenvalue weighted by Gasteiger charge is 2.48. The first kappa shape index (κ1) is 16.7. The number of hydrogen-bond donors (Lipinski definition) is 2. The number of carbonyl (C=O) groups is 2. The van der Waals surface area contributed by atoms with Crippen molar-refractivity contribution in [2.75, 3.05) is 32.7 Å². The van der Waals surface area contributed by atoms with Crippen LogP contribution in [0.5, 0.6) is 0 Å². The maximum atomic E-state index is 12.2. The second kappa shape index (κ2) is 6.77. The molecule has 3 aliphatic rings. The summed E-state index contributed by atoms with van der Waals surface area (Å²) in [7, 11) is 0. The first-order chi connectivity index (χ1) is 11.0. The van der Waals surface area contributed by atoms with Gasteiger partial charge in [-0.2, -0.15) is 0 Å². The van der Waals surface area contributed by atoms with Crippen LogP contribution in [0.15, 0.2) is 0 Å². The second-order valence-corrected chi connectivity index (χ2v) is 7.75. The van der Waals surface area contributed by atoms with Gasteiger partial charge in [-0.25, -0.2) is 0 Å². The Bertz CT molecular complexity index is 448. The highest BCUT2D eigenvalue weighted by atomic mass is 16.2. The van der Waals surface area contributed by atoms with Gasteiger partial charge in [-0.15, -0.1) is 0 Å². The molecule has 2 saturated carbocycles. The fourth-order valence-electron chi connectivity index (χ4n) is 3.65. The maximum Gasteiger partial charge on any atom is 0.242 e. The number of nitrogens with zero attached hydrogens (tertiary/aromatic N) is 2. The van der Waals surface area contributed by atoms with E-state index in [0.29, 0.717) is 25.7 Å². The molecule has 1 heterocycles. The van der Waals surface area contributed by atoms with E-state index in [4.69, 9.17) is 5.73 Å². The van der Waals surface area contributed by atoms with Crippen LogP contribution in [0.1, 0.15) is 45.4 Å². The van der Waals surface area contributed by atoms with Crippen LogP contribution in [0.25, 0.3) is 0 Å². The lowest BCUT2D eigenvalue weighted by Crippen LogP contribution is -2.55. The average Bonchev–Trinajstić information content (AvgIpc) is 3.29. The molecule has 130 valence electrons. The molecule has 2 amide bonds. The van der Waals surface area contributed by atoms with Crippen LogP contribution >= 0.6 is 0 Å².